The van der Waals surface area contributed by atoms with Crippen LogP contribution in [0, 0.1) is 11.3 Å². The third-order valence-electron chi connectivity index (χ3n) is 8.79. The van der Waals surface area contributed by atoms with Crippen LogP contribution in [0.15, 0.2) is 30.3 Å². The number of aliphatic hydroxyl groups is 4. The van der Waals surface area contributed by atoms with Crippen LogP contribution < -0.4 is 0 Å². The lowest BCUT2D eigenvalue weighted by Gasteiger charge is -2.68. The molecule has 5 N–H and O–H groups in total. The smallest absolute Gasteiger partial charge is 0.400 e. The fourth-order valence-corrected chi connectivity index (χ4v) is 7.70. The highest BCUT2D eigenvalue weighted by Gasteiger charge is 2.95. The minimum absolute atomic E-state index is 0.0213. The van der Waals surface area contributed by atoms with Crippen molar-refractivity contribution >= 4 is 16.4 Å². The lowest BCUT2D eigenvalue weighted by molar-refractivity contribution is -0.419. The number of benzene rings is 1. The highest BCUT2D eigenvalue weighted by Crippen LogP contribution is 2.82. The second kappa shape index (κ2) is 8.37. The topological polar surface area (TPSA) is 208 Å². The molecule has 0 amide bonds. The summed E-state index contributed by atoms with van der Waals surface area (Å²) < 4.78 is 67.7. The number of carbonyl (C=O) groups is 1. The number of ether oxygens (including phenoxy) is 5. The molecule has 0 aromatic heterocycles. The Hall–Kier alpha value is -1.76. The van der Waals surface area contributed by atoms with Crippen LogP contribution in [-0.4, -0.2) is 107 Å². The van der Waals surface area contributed by atoms with Gasteiger partial charge in [0.05, 0.1) is 17.6 Å². The predicted molar refractivity (Wildman–Crippen MR) is 119 cm³/mol. The van der Waals surface area contributed by atoms with E-state index in [9.17, 15) is 38.2 Å². The zero-order chi connectivity index (χ0) is 27.3. The molecular weight excluding hydrogens is 532 g/mol. The Morgan fingerprint density at radius 2 is 1.82 bits per heavy atom. The second-order valence-electron chi connectivity index (χ2n) is 10.7. The Bertz CT molecular complexity index is 1230. The highest BCUT2D eigenvalue weighted by molar-refractivity contribution is 7.80. The van der Waals surface area contributed by atoms with E-state index in [0.717, 1.165) is 0 Å². The van der Waals surface area contributed by atoms with Gasteiger partial charge in [0.15, 0.2) is 18.4 Å². The van der Waals surface area contributed by atoms with E-state index in [4.69, 9.17) is 27.9 Å². The number of hydrogen-bond donors (Lipinski definition) is 5. The van der Waals surface area contributed by atoms with E-state index in [0.29, 0.717) is 0 Å². The number of aliphatic hydroxyl groups excluding tert-OH is 4. The first kappa shape index (κ1) is 26.5. The van der Waals surface area contributed by atoms with Gasteiger partial charge in [0.1, 0.15) is 42.2 Å². The lowest BCUT2D eigenvalue weighted by atomic mass is 9.41. The third-order valence-corrected chi connectivity index (χ3v) is 9.28. The molecule has 8 rings (SSSR count). The zero-order valence-electron chi connectivity index (χ0n) is 20.1. The summed E-state index contributed by atoms with van der Waals surface area (Å²) >= 11 is 0. The average molecular weight is 561 g/mol. The Morgan fingerprint density at radius 3 is 2.47 bits per heavy atom. The van der Waals surface area contributed by atoms with Crippen LogP contribution in [0.4, 0.5) is 0 Å². The number of hydrogen-bond acceptors (Lipinski definition) is 13. The van der Waals surface area contributed by atoms with Crippen LogP contribution in [0.5, 0.6) is 0 Å². The summed E-state index contributed by atoms with van der Waals surface area (Å²) in [7, 11) is -4.97. The molecule has 14 nitrogen and oxygen atoms in total. The molecule has 7 aliphatic rings. The van der Waals surface area contributed by atoms with E-state index in [1.54, 1.807) is 37.3 Å². The monoisotopic (exact) mass is 560 g/mol. The molecule has 1 aromatic rings. The lowest BCUT2D eigenvalue weighted by Crippen LogP contribution is -2.81. The molecule has 6 bridgehead atoms. The van der Waals surface area contributed by atoms with Crippen LogP contribution in [0.2, 0.25) is 0 Å². The van der Waals surface area contributed by atoms with E-state index in [-0.39, 0.29) is 25.0 Å². The quantitative estimate of drug-likeness (QED) is 0.181. The number of carbonyl (C=O) groups excluding carboxylic acids is 1. The Labute approximate surface area is 216 Å². The molecule has 7 fully saturated rings. The van der Waals surface area contributed by atoms with Crippen molar-refractivity contribution < 1.29 is 66.1 Å². The summed E-state index contributed by atoms with van der Waals surface area (Å²) in [6.07, 6.45) is -9.24. The van der Waals surface area contributed by atoms with Crippen molar-refractivity contribution in [1.29, 1.82) is 0 Å². The first-order valence-electron chi connectivity index (χ1n) is 12.1. The molecule has 0 unspecified atom stereocenters. The summed E-state index contributed by atoms with van der Waals surface area (Å²) in [5.74, 6) is -3.31. The molecular formula is C23H28O14S. The molecule has 210 valence electrons. The molecule has 38 heavy (non-hydrogen) atoms. The van der Waals surface area contributed by atoms with E-state index in [1.807, 2.05) is 0 Å². The summed E-state index contributed by atoms with van der Waals surface area (Å²) in [6, 6.07) is 8.14. The van der Waals surface area contributed by atoms with Crippen molar-refractivity contribution in [1.82, 2.24) is 0 Å². The van der Waals surface area contributed by atoms with Gasteiger partial charge in [-0.05, 0) is 25.5 Å². The van der Waals surface area contributed by atoms with Crippen molar-refractivity contribution in [3.63, 3.8) is 0 Å². The second-order valence-corrected chi connectivity index (χ2v) is 11.7. The summed E-state index contributed by atoms with van der Waals surface area (Å²) in [5.41, 5.74) is -3.87. The number of rotatable bonds is 8. The molecule has 15 heteroatoms. The van der Waals surface area contributed by atoms with Gasteiger partial charge in [-0.15, -0.1) is 0 Å². The third kappa shape index (κ3) is 3.35. The van der Waals surface area contributed by atoms with Gasteiger partial charge in [-0.1, -0.05) is 18.2 Å². The van der Waals surface area contributed by atoms with Crippen LogP contribution >= 0.6 is 0 Å². The van der Waals surface area contributed by atoms with Gasteiger partial charge in [-0.2, -0.15) is 8.42 Å². The summed E-state index contributed by atoms with van der Waals surface area (Å²) in [6.45, 7) is 0.551. The largest absolute Gasteiger partial charge is 0.461 e. The van der Waals surface area contributed by atoms with Gasteiger partial charge in [0.2, 0.25) is 0 Å². The molecule has 4 heterocycles. The minimum Gasteiger partial charge on any atom is -0.461 e. The van der Waals surface area contributed by atoms with Gasteiger partial charge in [0, 0.05) is 12.3 Å². The van der Waals surface area contributed by atoms with Crippen LogP contribution in [0.3, 0.4) is 0 Å². The average Bonchev–Trinajstić information content (AvgIpc) is 3.05. The maximum absolute atomic E-state index is 12.8. The molecule has 4 aliphatic heterocycles. The van der Waals surface area contributed by atoms with Crippen molar-refractivity contribution in [2.45, 2.75) is 73.8 Å². The van der Waals surface area contributed by atoms with Crippen molar-refractivity contribution in [3.05, 3.63) is 35.9 Å². The normalized spacial score (nSPS) is 48.6. The molecule has 1 aromatic carbocycles. The summed E-state index contributed by atoms with van der Waals surface area (Å²) in [5, 5.41) is 40.7. The molecule has 0 radical (unpaired) electrons. The van der Waals surface area contributed by atoms with Gasteiger partial charge in [-0.3, -0.25) is 4.55 Å². The van der Waals surface area contributed by atoms with Crippen molar-refractivity contribution in [2.75, 3.05) is 13.2 Å². The SMILES string of the molecule is C[C@@]12C[C@@]3(OS(=O)(=O)O)O[C@@H](O1)[C@]1(COC(=O)c4ccccc4)[C@H]3C[C@@]12O[C@@H]1O[C@H](CO)[C@@H](O)[C@H](O)[C@H]1O. The first-order chi connectivity index (χ1) is 17.8. The predicted octanol–water partition coefficient (Wildman–Crippen LogP) is -1.53. The van der Waals surface area contributed by atoms with Gasteiger partial charge in [0.25, 0.3) is 0 Å². The van der Waals surface area contributed by atoms with Crippen LogP contribution in [0.1, 0.15) is 30.1 Å². The maximum Gasteiger partial charge on any atom is 0.400 e. The molecule has 3 aliphatic carbocycles. The van der Waals surface area contributed by atoms with E-state index in [1.165, 1.54) is 0 Å². The Morgan fingerprint density at radius 1 is 1.11 bits per heavy atom. The zero-order valence-corrected chi connectivity index (χ0v) is 20.9. The molecule has 4 saturated heterocycles. The van der Waals surface area contributed by atoms with Crippen molar-refractivity contribution in [3.8, 4) is 0 Å². The standard InChI is InChI=1S/C23H28O14S/c1-20-9-22(37-38(29,30)31)13-7-23(20,34-18-16(27)15(26)14(25)12(8-24)33-18)21(13,19(35-20)36-22)10-32-17(28)11-5-3-2-4-6-11/h2-6,12-16,18-19,24-27H,7-10H2,1H3,(H,29,30,31)/t12-,13-,14-,15+,16-,18+,19-,20+,21+,22+,23+/m1/s1. The van der Waals surface area contributed by atoms with Crippen molar-refractivity contribution in [2.24, 2.45) is 11.3 Å². The summed E-state index contributed by atoms with van der Waals surface area (Å²) in [4.78, 5) is 12.8. The van der Waals surface area contributed by atoms with Crippen LogP contribution in [-0.2, 0) is 38.3 Å². The fourth-order valence-electron chi connectivity index (χ4n) is 7.13. The van der Waals surface area contributed by atoms with E-state index >= 15 is 0 Å². The van der Waals surface area contributed by atoms with Gasteiger partial charge < -0.3 is 44.1 Å². The van der Waals surface area contributed by atoms with Gasteiger partial charge >= 0.3 is 16.4 Å². The highest BCUT2D eigenvalue weighted by atomic mass is 32.3. The van der Waals surface area contributed by atoms with E-state index < -0.39 is 88.3 Å². The Kier molecular flexibility index (Phi) is 5.83. The van der Waals surface area contributed by atoms with E-state index in [2.05, 4.69) is 0 Å². The molecule has 0 spiro atoms. The van der Waals surface area contributed by atoms with Gasteiger partial charge in [-0.25, -0.2) is 8.98 Å². The minimum atomic E-state index is -4.97. The number of esters is 1. The molecule has 11 atom stereocenters. The maximum atomic E-state index is 12.8. The van der Waals surface area contributed by atoms with Crippen LogP contribution in [0.25, 0.3) is 0 Å². The molecule has 3 saturated carbocycles. The first-order valence-corrected chi connectivity index (χ1v) is 13.4. The fraction of sp³-hybridized carbons (Fsp3) is 0.696. The Balaban J connectivity index is 1.36.